The van der Waals surface area contributed by atoms with Crippen LogP contribution in [0.25, 0.3) is 10.2 Å². The molecule has 0 fully saturated rings. The Labute approximate surface area is 181 Å². The number of pyridine rings is 1. The SMILES string of the molecule is Cc1ccc(Oc2ccc3c(c2)CCN([C@@H](C)c2ccc4scnc4c2)CC3)cn1. The first kappa shape index (κ1) is 19.2. The third-order valence-electron chi connectivity index (χ3n) is 6.02. The van der Waals surface area contributed by atoms with Gasteiger partial charge in [-0.25, -0.2) is 4.98 Å². The van der Waals surface area contributed by atoms with Crippen LogP contribution in [0.1, 0.15) is 35.3 Å². The van der Waals surface area contributed by atoms with E-state index in [1.807, 2.05) is 24.6 Å². The van der Waals surface area contributed by atoms with Crippen molar-refractivity contribution in [3.8, 4) is 11.5 Å². The monoisotopic (exact) mass is 415 g/mol. The molecule has 152 valence electrons. The molecule has 30 heavy (non-hydrogen) atoms. The zero-order valence-corrected chi connectivity index (χ0v) is 18.2. The molecule has 4 aromatic rings. The number of ether oxygens (including phenoxy) is 1. The molecule has 0 aliphatic carbocycles. The van der Waals surface area contributed by atoms with Crippen LogP contribution in [0.2, 0.25) is 0 Å². The van der Waals surface area contributed by atoms with Crippen LogP contribution in [0, 0.1) is 6.92 Å². The lowest BCUT2D eigenvalue weighted by Gasteiger charge is -2.28. The molecule has 1 atom stereocenters. The van der Waals surface area contributed by atoms with E-state index < -0.39 is 0 Å². The van der Waals surface area contributed by atoms with Gasteiger partial charge in [0.15, 0.2) is 0 Å². The normalized spacial score (nSPS) is 15.5. The number of hydrogen-bond donors (Lipinski definition) is 0. The van der Waals surface area contributed by atoms with Crippen molar-refractivity contribution in [2.75, 3.05) is 13.1 Å². The van der Waals surface area contributed by atoms with Crippen molar-refractivity contribution < 1.29 is 4.74 Å². The van der Waals surface area contributed by atoms with Crippen molar-refractivity contribution in [3.63, 3.8) is 0 Å². The van der Waals surface area contributed by atoms with Crippen LogP contribution in [-0.4, -0.2) is 28.0 Å². The minimum Gasteiger partial charge on any atom is -0.456 e. The van der Waals surface area contributed by atoms with E-state index in [-0.39, 0.29) is 0 Å². The van der Waals surface area contributed by atoms with Crippen LogP contribution < -0.4 is 4.74 Å². The number of benzene rings is 2. The van der Waals surface area contributed by atoms with E-state index in [9.17, 15) is 0 Å². The quantitative estimate of drug-likeness (QED) is 0.413. The number of aromatic nitrogens is 2. The predicted molar refractivity (Wildman–Crippen MR) is 123 cm³/mol. The maximum atomic E-state index is 6.04. The molecule has 1 aliphatic heterocycles. The van der Waals surface area contributed by atoms with Gasteiger partial charge >= 0.3 is 0 Å². The molecule has 5 heteroatoms. The van der Waals surface area contributed by atoms with E-state index in [1.165, 1.54) is 21.4 Å². The Kier molecular flexibility index (Phi) is 5.23. The van der Waals surface area contributed by atoms with E-state index in [0.29, 0.717) is 6.04 Å². The van der Waals surface area contributed by atoms with Crippen molar-refractivity contribution in [2.45, 2.75) is 32.7 Å². The molecule has 5 rings (SSSR count). The largest absolute Gasteiger partial charge is 0.456 e. The fraction of sp³-hybridized carbons (Fsp3) is 0.280. The fourth-order valence-corrected chi connectivity index (χ4v) is 4.82. The Balaban J connectivity index is 1.30. The summed E-state index contributed by atoms with van der Waals surface area (Å²) in [4.78, 5) is 11.4. The van der Waals surface area contributed by atoms with Gasteiger partial charge in [-0.2, -0.15) is 0 Å². The second-order valence-electron chi connectivity index (χ2n) is 7.96. The molecule has 0 unspecified atom stereocenters. The van der Waals surface area contributed by atoms with Crippen molar-refractivity contribution in [1.29, 1.82) is 0 Å². The van der Waals surface area contributed by atoms with Crippen molar-refractivity contribution in [1.82, 2.24) is 14.9 Å². The van der Waals surface area contributed by atoms with Crippen LogP contribution in [0.5, 0.6) is 11.5 Å². The smallest absolute Gasteiger partial charge is 0.145 e. The molecule has 0 spiro atoms. The third kappa shape index (κ3) is 3.95. The summed E-state index contributed by atoms with van der Waals surface area (Å²) in [5, 5.41) is 0. The summed E-state index contributed by atoms with van der Waals surface area (Å²) >= 11 is 1.70. The Morgan fingerprint density at radius 3 is 2.60 bits per heavy atom. The fourth-order valence-electron chi connectivity index (χ4n) is 4.17. The molecule has 0 saturated carbocycles. The van der Waals surface area contributed by atoms with Crippen molar-refractivity contribution >= 4 is 21.6 Å². The molecule has 0 bridgehead atoms. The van der Waals surface area contributed by atoms with Crippen LogP contribution in [0.15, 0.2) is 60.2 Å². The lowest BCUT2D eigenvalue weighted by atomic mass is 10.0. The molecule has 2 aromatic carbocycles. The van der Waals surface area contributed by atoms with Crippen LogP contribution >= 0.6 is 11.3 Å². The van der Waals surface area contributed by atoms with Gasteiger partial charge in [0.05, 0.1) is 21.9 Å². The average molecular weight is 416 g/mol. The standard InChI is InChI=1S/C25H25N3OS/c1-17-3-6-23(15-26-17)29-22-7-4-19-9-11-28(12-10-21(19)13-22)18(2)20-5-8-25-24(14-20)27-16-30-25/h3-8,13-16,18H,9-12H2,1-2H3/t18-/m0/s1. The summed E-state index contributed by atoms with van der Waals surface area (Å²) in [6.07, 6.45) is 3.87. The second-order valence-corrected chi connectivity index (χ2v) is 8.85. The molecule has 1 aliphatic rings. The zero-order chi connectivity index (χ0) is 20.5. The first-order valence-corrected chi connectivity index (χ1v) is 11.3. The average Bonchev–Trinajstić information content (AvgIpc) is 3.13. The molecule has 4 nitrogen and oxygen atoms in total. The highest BCUT2D eigenvalue weighted by molar-refractivity contribution is 7.16. The highest BCUT2D eigenvalue weighted by Crippen LogP contribution is 2.30. The first-order chi connectivity index (χ1) is 14.7. The Hall–Kier alpha value is -2.76. The number of hydrogen-bond acceptors (Lipinski definition) is 5. The number of thiazole rings is 1. The first-order valence-electron chi connectivity index (χ1n) is 10.5. The second kappa shape index (κ2) is 8.17. The third-order valence-corrected chi connectivity index (χ3v) is 6.83. The van der Waals surface area contributed by atoms with E-state index in [0.717, 1.165) is 48.6 Å². The van der Waals surface area contributed by atoms with Crippen molar-refractivity contribution in [3.05, 3.63) is 82.6 Å². The molecule has 2 aromatic heterocycles. The molecule has 0 N–H and O–H groups in total. The summed E-state index contributed by atoms with van der Waals surface area (Å²) in [5.41, 5.74) is 8.18. The molecular formula is C25H25N3OS. The van der Waals surface area contributed by atoms with E-state index in [4.69, 9.17) is 4.74 Å². The zero-order valence-electron chi connectivity index (χ0n) is 17.3. The highest BCUT2D eigenvalue weighted by Gasteiger charge is 2.20. The summed E-state index contributed by atoms with van der Waals surface area (Å²) in [7, 11) is 0. The van der Waals surface area contributed by atoms with Gasteiger partial charge in [0.2, 0.25) is 0 Å². The van der Waals surface area contributed by atoms with E-state index in [1.54, 1.807) is 17.5 Å². The summed E-state index contributed by atoms with van der Waals surface area (Å²) in [5.74, 6) is 1.66. The van der Waals surface area contributed by atoms with E-state index in [2.05, 4.69) is 58.2 Å². The molecule has 0 saturated heterocycles. The number of rotatable bonds is 4. The van der Waals surface area contributed by atoms with Crippen molar-refractivity contribution in [2.24, 2.45) is 0 Å². The Bertz CT molecular complexity index is 1170. The van der Waals surface area contributed by atoms with Gasteiger partial charge in [-0.3, -0.25) is 9.88 Å². The summed E-state index contributed by atoms with van der Waals surface area (Å²) in [6, 6.07) is 17.5. The van der Waals surface area contributed by atoms with Gasteiger partial charge in [0.25, 0.3) is 0 Å². The predicted octanol–water partition coefficient (Wildman–Crippen LogP) is 5.95. The minimum atomic E-state index is 0.375. The molecule has 0 radical (unpaired) electrons. The summed E-state index contributed by atoms with van der Waals surface area (Å²) in [6.45, 7) is 6.39. The number of fused-ring (bicyclic) bond motifs is 2. The molecular weight excluding hydrogens is 390 g/mol. The number of nitrogens with zero attached hydrogens (tertiary/aromatic N) is 3. The Morgan fingerprint density at radius 2 is 1.77 bits per heavy atom. The maximum absolute atomic E-state index is 6.04. The maximum Gasteiger partial charge on any atom is 0.145 e. The molecule has 3 heterocycles. The Morgan fingerprint density at radius 1 is 0.933 bits per heavy atom. The van der Waals surface area contributed by atoms with Crippen LogP contribution in [0.4, 0.5) is 0 Å². The van der Waals surface area contributed by atoms with Gasteiger partial charge < -0.3 is 4.74 Å². The number of aryl methyl sites for hydroxylation is 1. The molecule has 0 amide bonds. The summed E-state index contributed by atoms with van der Waals surface area (Å²) < 4.78 is 7.29. The topological polar surface area (TPSA) is 38.2 Å². The lowest BCUT2D eigenvalue weighted by Crippen LogP contribution is -2.29. The van der Waals surface area contributed by atoms with E-state index >= 15 is 0 Å². The van der Waals surface area contributed by atoms with Crippen LogP contribution in [-0.2, 0) is 12.8 Å². The van der Waals surface area contributed by atoms with Gasteiger partial charge in [-0.05, 0) is 79.8 Å². The van der Waals surface area contributed by atoms with Crippen LogP contribution in [0.3, 0.4) is 0 Å². The lowest BCUT2D eigenvalue weighted by molar-refractivity contribution is 0.221. The van der Waals surface area contributed by atoms with Gasteiger partial charge in [-0.15, -0.1) is 11.3 Å². The minimum absolute atomic E-state index is 0.375. The van der Waals surface area contributed by atoms with Gasteiger partial charge in [0.1, 0.15) is 11.5 Å². The van der Waals surface area contributed by atoms with Gasteiger partial charge in [-0.1, -0.05) is 12.1 Å². The van der Waals surface area contributed by atoms with Gasteiger partial charge in [0, 0.05) is 24.8 Å². The highest BCUT2D eigenvalue weighted by atomic mass is 32.1.